The number of nitrogens with one attached hydrogen (secondary N) is 1. The van der Waals surface area contributed by atoms with Gasteiger partial charge in [-0.15, -0.1) is 5.10 Å². The molecule has 1 unspecified atom stereocenters. The molecule has 0 radical (unpaired) electrons. The van der Waals surface area contributed by atoms with E-state index in [0.717, 1.165) is 38.5 Å². The van der Waals surface area contributed by atoms with Gasteiger partial charge >= 0.3 is 0 Å². The number of morpholine rings is 1. The van der Waals surface area contributed by atoms with Gasteiger partial charge in [-0.3, -0.25) is 4.68 Å². The normalized spacial score (nSPS) is 22.5. The SMILES string of the molecule is CN1CCOC(CNCc2cnnn2C)C1. The van der Waals surface area contributed by atoms with Crippen molar-refractivity contribution >= 4 is 0 Å². The Morgan fingerprint density at radius 3 is 3.12 bits per heavy atom. The number of nitrogens with zero attached hydrogens (tertiary/aromatic N) is 4. The standard InChI is InChI=1S/C10H19N5O/c1-14-3-4-16-10(8-14)7-11-5-9-6-12-13-15(9)2/h6,10-11H,3-5,7-8H2,1-2H3. The molecule has 16 heavy (non-hydrogen) atoms. The van der Waals surface area contributed by atoms with Gasteiger partial charge in [-0.2, -0.15) is 0 Å². The van der Waals surface area contributed by atoms with E-state index in [1.807, 2.05) is 7.05 Å². The number of rotatable bonds is 4. The average Bonchev–Trinajstić information content (AvgIpc) is 2.65. The topological polar surface area (TPSA) is 55.2 Å². The summed E-state index contributed by atoms with van der Waals surface area (Å²) in [4.78, 5) is 2.29. The van der Waals surface area contributed by atoms with Crippen LogP contribution in [0.2, 0.25) is 0 Å². The van der Waals surface area contributed by atoms with Gasteiger partial charge in [-0.05, 0) is 7.05 Å². The van der Waals surface area contributed by atoms with Crippen molar-refractivity contribution < 1.29 is 4.74 Å². The van der Waals surface area contributed by atoms with Crippen LogP contribution in [0.15, 0.2) is 6.20 Å². The first-order valence-corrected chi connectivity index (χ1v) is 5.60. The van der Waals surface area contributed by atoms with E-state index in [9.17, 15) is 0 Å². The van der Waals surface area contributed by atoms with Gasteiger partial charge < -0.3 is 15.0 Å². The molecule has 1 aromatic rings. The van der Waals surface area contributed by atoms with Crippen LogP contribution in [0.25, 0.3) is 0 Å². The Kier molecular flexibility index (Phi) is 3.87. The van der Waals surface area contributed by atoms with Crippen LogP contribution in [0.3, 0.4) is 0 Å². The number of hydrogen-bond donors (Lipinski definition) is 1. The molecule has 1 aromatic heterocycles. The minimum absolute atomic E-state index is 0.292. The summed E-state index contributed by atoms with van der Waals surface area (Å²) in [5.74, 6) is 0. The summed E-state index contributed by atoms with van der Waals surface area (Å²) in [6, 6.07) is 0. The van der Waals surface area contributed by atoms with Gasteiger partial charge in [0.2, 0.25) is 0 Å². The first-order valence-electron chi connectivity index (χ1n) is 5.60. The van der Waals surface area contributed by atoms with E-state index >= 15 is 0 Å². The summed E-state index contributed by atoms with van der Waals surface area (Å²) in [5.41, 5.74) is 1.09. The second-order valence-electron chi connectivity index (χ2n) is 4.23. The summed E-state index contributed by atoms with van der Waals surface area (Å²) >= 11 is 0. The van der Waals surface area contributed by atoms with Crippen molar-refractivity contribution in [2.24, 2.45) is 7.05 Å². The molecular weight excluding hydrogens is 206 g/mol. The second-order valence-corrected chi connectivity index (χ2v) is 4.23. The molecule has 1 N–H and O–H groups in total. The first kappa shape index (κ1) is 11.5. The number of aryl methyl sites for hydroxylation is 1. The average molecular weight is 225 g/mol. The zero-order valence-corrected chi connectivity index (χ0v) is 9.89. The van der Waals surface area contributed by atoms with E-state index in [4.69, 9.17) is 4.74 Å². The molecule has 1 aliphatic heterocycles. The predicted molar refractivity (Wildman–Crippen MR) is 59.9 cm³/mol. The number of hydrogen-bond acceptors (Lipinski definition) is 5. The van der Waals surface area contributed by atoms with Crippen molar-refractivity contribution in [2.45, 2.75) is 12.6 Å². The van der Waals surface area contributed by atoms with Crippen molar-refractivity contribution in [2.75, 3.05) is 33.3 Å². The Bertz CT molecular complexity index is 327. The zero-order chi connectivity index (χ0) is 11.4. The van der Waals surface area contributed by atoms with Crippen LogP contribution in [0.1, 0.15) is 5.69 Å². The molecule has 1 atom stereocenters. The minimum Gasteiger partial charge on any atom is -0.374 e. The maximum absolute atomic E-state index is 5.66. The van der Waals surface area contributed by atoms with Gasteiger partial charge in [0.15, 0.2) is 0 Å². The van der Waals surface area contributed by atoms with Gasteiger partial charge in [-0.25, -0.2) is 0 Å². The van der Waals surface area contributed by atoms with Gasteiger partial charge in [0.1, 0.15) is 0 Å². The molecular formula is C10H19N5O. The van der Waals surface area contributed by atoms with E-state index in [1.165, 1.54) is 0 Å². The van der Waals surface area contributed by atoms with Gasteiger partial charge in [0.05, 0.1) is 24.6 Å². The largest absolute Gasteiger partial charge is 0.374 e. The molecule has 0 amide bonds. The van der Waals surface area contributed by atoms with Crippen LogP contribution < -0.4 is 5.32 Å². The Morgan fingerprint density at radius 1 is 1.56 bits per heavy atom. The molecule has 0 aliphatic carbocycles. The first-order chi connectivity index (χ1) is 7.75. The van der Waals surface area contributed by atoms with Gasteiger partial charge in [-0.1, -0.05) is 5.21 Å². The highest BCUT2D eigenvalue weighted by atomic mass is 16.5. The maximum atomic E-state index is 5.66. The lowest BCUT2D eigenvalue weighted by Gasteiger charge is -2.30. The Morgan fingerprint density at radius 2 is 2.44 bits per heavy atom. The van der Waals surface area contributed by atoms with E-state index in [0.29, 0.717) is 6.10 Å². The fourth-order valence-corrected chi connectivity index (χ4v) is 1.82. The highest BCUT2D eigenvalue weighted by Crippen LogP contribution is 2.02. The van der Waals surface area contributed by atoms with Crippen molar-refractivity contribution in [1.29, 1.82) is 0 Å². The Hall–Kier alpha value is -0.980. The molecule has 2 heterocycles. The fraction of sp³-hybridized carbons (Fsp3) is 0.800. The van der Waals surface area contributed by atoms with E-state index < -0.39 is 0 Å². The quantitative estimate of drug-likeness (QED) is 0.729. The molecule has 90 valence electrons. The molecule has 1 fully saturated rings. The fourth-order valence-electron chi connectivity index (χ4n) is 1.82. The zero-order valence-electron chi connectivity index (χ0n) is 9.89. The summed E-state index contributed by atoms with van der Waals surface area (Å²) in [7, 11) is 4.02. The van der Waals surface area contributed by atoms with Crippen molar-refractivity contribution in [3.8, 4) is 0 Å². The summed E-state index contributed by atoms with van der Waals surface area (Å²) in [5, 5.41) is 11.1. The van der Waals surface area contributed by atoms with Crippen LogP contribution in [-0.4, -0.2) is 59.3 Å². The van der Waals surface area contributed by atoms with Gasteiger partial charge in [0.25, 0.3) is 0 Å². The molecule has 2 rings (SSSR count). The lowest BCUT2D eigenvalue weighted by molar-refractivity contribution is -0.0182. The van der Waals surface area contributed by atoms with Crippen molar-refractivity contribution in [3.05, 3.63) is 11.9 Å². The van der Waals surface area contributed by atoms with Crippen molar-refractivity contribution in [1.82, 2.24) is 25.2 Å². The molecule has 1 aliphatic rings. The molecule has 0 spiro atoms. The summed E-state index contributed by atoms with van der Waals surface area (Å²) in [6.45, 7) is 4.51. The summed E-state index contributed by atoms with van der Waals surface area (Å²) in [6.07, 6.45) is 2.07. The number of likely N-dealkylation sites (N-methyl/N-ethyl adjacent to an activating group) is 1. The van der Waals surface area contributed by atoms with Crippen molar-refractivity contribution in [3.63, 3.8) is 0 Å². The Labute approximate surface area is 95.6 Å². The molecule has 0 saturated carbocycles. The molecule has 6 heteroatoms. The molecule has 0 aromatic carbocycles. The predicted octanol–water partition coefficient (Wildman–Crippen LogP) is -0.765. The van der Waals surface area contributed by atoms with E-state index in [1.54, 1.807) is 10.9 Å². The highest BCUT2D eigenvalue weighted by Gasteiger charge is 2.16. The smallest absolute Gasteiger partial charge is 0.0826 e. The highest BCUT2D eigenvalue weighted by molar-refractivity contribution is 4.92. The third-order valence-corrected chi connectivity index (χ3v) is 2.83. The lowest BCUT2D eigenvalue weighted by Crippen LogP contribution is -2.44. The number of ether oxygens (including phenoxy) is 1. The maximum Gasteiger partial charge on any atom is 0.0826 e. The van der Waals surface area contributed by atoms with Crippen LogP contribution in [0.4, 0.5) is 0 Å². The summed E-state index contributed by atoms with van der Waals surface area (Å²) < 4.78 is 7.43. The molecule has 6 nitrogen and oxygen atoms in total. The number of aromatic nitrogens is 3. The lowest BCUT2D eigenvalue weighted by atomic mass is 10.3. The van der Waals surface area contributed by atoms with E-state index in [-0.39, 0.29) is 0 Å². The van der Waals surface area contributed by atoms with E-state index in [2.05, 4.69) is 27.6 Å². The third kappa shape index (κ3) is 3.01. The minimum atomic E-state index is 0.292. The second kappa shape index (κ2) is 5.38. The van der Waals surface area contributed by atoms with Gasteiger partial charge in [0, 0.05) is 33.2 Å². The molecule has 1 saturated heterocycles. The third-order valence-electron chi connectivity index (χ3n) is 2.83. The molecule has 0 bridgehead atoms. The van der Waals surface area contributed by atoms with Crippen LogP contribution in [-0.2, 0) is 18.3 Å². The van der Waals surface area contributed by atoms with Crippen LogP contribution in [0.5, 0.6) is 0 Å². The van der Waals surface area contributed by atoms with Crippen LogP contribution >= 0.6 is 0 Å². The van der Waals surface area contributed by atoms with Crippen LogP contribution in [0, 0.1) is 0 Å². The Balaban J connectivity index is 1.70. The monoisotopic (exact) mass is 225 g/mol.